The van der Waals surface area contributed by atoms with Gasteiger partial charge in [0.15, 0.2) is 0 Å². The maximum absolute atomic E-state index is 4.09. The number of anilines is 1. The number of para-hydroxylation sites is 1. The molecule has 2 fully saturated rings. The molecule has 2 aliphatic rings. The van der Waals surface area contributed by atoms with E-state index >= 15 is 0 Å². The highest BCUT2D eigenvalue weighted by Crippen LogP contribution is 2.57. The Morgan fingerprint density at radius 1 is 1.44 bits per heavy atom. The molecule has 0 radical (unpaired) electrons. The molecule has 1 nitrogen and oxygen atoms in total. The van der Waals surface area contributed by atoms with Crippen molar-refractivity contribution in [3.05, 3.63) is 36.4 Å². The summed E-state index contributed by atoms with van der Waals surface area (Å²) in [6.07, 6.45) is 2.73. The Morgan fingerprint density at radius 2 is 2.19 bits per heavy atom. The number of benzene rings is 1. The maximum Gasteiger partial charge on any atom is 0.0446 e. The van der Waals surface area contributed by atoms with E-state index in [1.54, 1.807) is 0 Å². The molecule has 1 aromatic carbocycles. The average Bonchev–Trinajstić information content (AvgIpc) is 2.82. The summed E-state index contributed by atoms with van der Waals surface area (Å²) in [5.74, 6) is 0.936. The van der Waals surface area contributed by atoms with Crippen LogP contribution in [0.1, 0.15) is 32.3 Å². The average molecular weight is 213 g/mol. The zero-order valence-corrected chi connectivity index (χ0v) is 10.2. The lowest BCUT2D eigenvalue weighted by Gasteiger charge is -2.29. The Morgan fingerprint density at radius 3 is 2.75 bits per heavy atom. The molecule has 0 amide bonds. The van der Waals surface area contributed by atoms with Crippen molar-refractivity contribution in [1.82, 2.24) is 0 Å². The molecule has 2 atom stereocenters. The predicted molar refractivity (Wildman–Crippen MR) is 69.6 cm³/mol. The van der Waals surface area contributed by atoms with Gasteiger partial charge in [-0.2, -0.15) is 0 Å². The third-order valence-corrected chi connectivity index (χ3v) is 4.35. The fourth-order valence-electron chi connectivity index (χ4n) is 3.19. The lowest BCUT2D eigenvalue weighted by molar-refractivity contribution is 0.687. The Hall–Kier alpha value is -1.24. The predicted octanol–water partition coefficient (Wildman–Crippen LogP) is 3.71. The van der Waals surface area contributed by atoms with Crippen LogP contribution in [0.25, 0.3) is 5.57 Å². The molecule has 1 heterocycles. The molecule has 0 N–H and O–H groups in total. The van der Waals surface area contributed by atoms with Crippen LogP contribution >= 0.6 is 0 Å². The molecular formula is C15H19N. The van der Waals surface area contributed by atoms with Crippen molar-refractivity contribution in [1.29, 1.82) is 0 Å². The monoisotopic (exact) mass is 213 g/mol. The molecule has 3 rings (SSSR count). The van der Waals surface area contributed by atoms with Gasteiger partial charge in [0, 0.05) is 23.3 Å². The molecule has 1 heteroatoms. The van der Waals surface area contributed by atoms with Gasteiger partial charge >= 0.3 is 0 Å². The van der Waals surface area contributed by atoms with Crippen molar-refractivity contribution < 1.29 is 0 Å². The summed E-state index contributed by atoms with van der Waals surface area (Å²) in [7, 11) is 0. The van der Waals surface area contributed by atoms with Crippen LogP contribution in [0.2, 0.25) is 0 Å². The summed E-state index contributed by atoms with van der Waals surface area (Å²) < 4.78 is 0. The molecule has 0 spiro atoms. The highest BCUT2D eigenvalue weighted by atomic mass is 15.3. The van der Waals surface area contributed by atoms with Gasteiger partial charge in [-0.3, -0.25) is 0 Å². The first kappa shape index (κ1) is 9.95. The third-order valence-electron chi connectivity index (χ3n) is 4.35. The largest absolute Gasteiger partial charge is 0.365 e. The highest BCUT2D eigenvalue weighted by Gasteiger charge is 2.58. The number of nitrogens with zero attached hydrogens (tertiary/aromatic N) is 1. The molecule has 0 aromatic heterocycles. The van der Waals surface area contributed by atoms with Crippen LogP contribution in [0.4, 0.5) is 5.69 Å². The fourth-order valence-corrected chi connectivity index (χ4v) is 3.19. The standard InChI is InChI=1S/C15H19N/c1-11(2)13-6-4-5-7-14(13)16-9-8-12-10-15(12,16)3/h4-7,12H,1,8-10H2,2-3H3. The van der Waals surface area contributed by atoms with E-state index in [-0.39, 0.29) is 0 Å². The third kappa shape index (κ3) is 1.24. The van der Waals surface area contributed by atoms with Crippen LogP contribution in [0, 0.1) is 5.92 Å². The SMILES string of the molecule is C=C(C)c1ccccc1N1CCC2CC21C. The van der Waals surface area contributed by atoms with Crippen LogP contribution in [-0.4, -0.2) is 12.1 Å². The van der Waals surface area contributed by atoms with Gasteiger partial charge in [-0.15, -0.1) is 0 Å². The number of rotatable bonds is 2. The molecule has 1 saturated heterocycles. The zero-order valence-electron chi connectivity index (χ0n) is 10.2. The summed E-state index contributed by atoms with van der Waals surface area (Å²) in [5, 5.41) is 0. The first-order valence-corrected chi connectivity index (χ1v) is 6.15. The second-order valence-corrected chi connectivity index (χ2v) is 5.50. The Bertz CT molecular complexity index is 447. The second kappa shape index (κ2) is 3.13. The lowest BCUT2D eigenvalue weighted by Crippen LogP contribution is -2.32. The minimum Gasteiger partial charge on any atom is -0.365 e. The van der Waals surface area contributed by atoms with Crippen molar-refractivity contribution in [2.75, 3.05) is 11.4 Å². The molecule has 1 aliphatic carbocycles. The molecule has 0 bridgehead atoms. The highest BCUT2D eigenvalue weighted by molar-refractivity contribution is 5.76. The zero-order chi connectivity index (χ0) is 11.3. The molecule has 2 unspecified atom stereocenters. The molecular weight excluding hydrogens is 194 g/mol. The lowest BCUT2D eigenvalue weighted by atomic mass is 10.0. The molecule has 1 aromatic rings. The van der Waals surface area contributed by atoms with Gasteiger partial charge in [0.25, 0.3) is 0 Å². The van der Waals surface area contributed by atoms with E-state index in [0.717, 1.165) is 5.92 Å². The van der Waals surface area contributed by atoms with Crippen molar-refractivity contribution >= 4 is 11.3 Å². The quantitative estimate of drug-likeness (QED) is 0.724. The maximum atomic E-state index is 4.09. The Balaban J connectivity index is 2.03. The van der Waals surface area contributed by atoms with Gasteiger partial charge in [0.1, 0.15) is 0 Å². The first-order valence-electron chi connectivity index (χ1n) is 6.15. The fraction of sp³-hybridized carbons (Fsp3) is 0.467. The van der Waals surface area contributed by atoms with E-state index in [2.05, 4.69) is 49.6 Å². The first-order chi connectivity index (χ1) is 7.63. The summed E-state index contributed by atoms with van der Waals surface area (Å²) in [5.41, 5.74) is 4.32. The normalized spacial score (nSPS) is 31.4. The summed E-state index contributed by atoms with van der Waals surface area (Å²) in [6.45, 7) is 9.81. The van der Waals surface area contributed by atoms with E-state index in [4.69, 9.17) is 0 Å². The van der Waals surface area contributed by atoms with Gasteiger partial charge in [0.05, 0.1) is 0 Å². The van der Waals surface area contributed by atoms with Crippen LogP contribution in [0.3, 0.4) is 0 Å². The van der Waals surface area contributed by atoms with Crippen LogP contribution in [0.5, 0.6) is 0 Å². The van der Waals surface area contributed by atoms with Gasteiger partial charge in [-0.05, 0) is 44.2 Å². The van der Waals surface area contributed by atoms with E-state index in [1.807, 2.05) is 0 Å². The van der Waals surface area contributed by atoms with Crippen molar-refractivity contribution in [2.45, 2.75) is 32.2 Å². The number of allylic oxidation sites excluding steroid dienone is 1. The number of hydrogen-bond donors (Lipinski definition) is 0. The summed E-state index contributed by atoms with van der Waals surface area (Å²) >= 11 is 0. The van der Waals surface area contributed by atoms with E-state index in [9.17, 15) is 0 Å². The van der Waals surface area contributed by atoms with Crippen LogP contribution < -0.4 is 4.90 Å². The molecule has 16 heavy (non-hydrogen) atoms. The van der Waals surface area contributed by atoms with Crippen molar-refractivity contribution in [3.8, 4) is 0 Å². The van der Waals surface area contributed by atoms with Crippen molar-refractivity contribution in [3.63, 3.8) is 0 Å². The van der Waals surface area contributed by atoms with Gasteiger partial charge < -0.3 is 4.90 Å². The Kier molecular flexibility index (Phi) is 1.95. The van der Waals surface area contributed by atoms with Crippen LogP contribution in [-0.2, 0) is 0 Å². The van der Waals surface area contributed by atoms with Gasteiger partial charge in [-0.1, -0.05) is 24.8 Å². The summed E-state index contributed by atoms with van der Waals surface area (Å²) in [4.78, 5) is 2.60. The van der Waals surface area contributed by atoms with E-state index in [0.29, 0.717) is 5.54 Å². The Labute approximate surface area is 97.8 Å². The second-order valence-electron chi connectivity index (χ2n) is 5.50. The number of fused-ring (bicyclic) bond motifs is 1. The van der Waals surface area contributed by atoms with Gasteiger partial charge in [-0.25, -0.2) is 0 Å². The van der Waals surface area contributed by atoms with Crippen molar-refractivity contribution in [2.24, 2.45) is 5.92 Å². The smallest absolute Gasteiger partial charge is 0.0446 e. The molecule has 1 aliphatic heterocycles. The number of piperidine rings is 1. The topological polar surface area (TPSA) is 3.24 Å². The minimum absolute atomic E-state index is 0.450. The van der Waals surface area contributed by atoms with Crippen LogP contribution in [0.15, 0.2) is 30.8 Å². The van der Waals surface area contributed by atoms with E-state index < -0.39 is 0 Å². The molecule has 84 valence electrons. The van der Waals surface area contributed by atoms with E-state index in [1.165, 1.54) is 36.2 Å². The number of hydrogen-bond acceptors (Lipinski definition) is 1. The molecule has 1 saturated carbocycles. The summed E-state index contributed by atoms with van der Waals surface area (Å²) in [6, 6.07) is 8.68. The van der Waals surface area contributed by atoms with Gasteiger partial charge in [0.2, 0.25) is 0 Å². The minimum atomic E-state index is 0.450.